The molecule has 6 heteroatoms. The van der Waals surface area contributed by atoms with E-state index in [0.29, 0.717) is 5.69 Å². The molecule has 0 saturated carbocycles. The van der Waals surface area contributed by atoms with Crippen LogP contribution in [0.3, 0.4) is 0 Å². The Morgan fingerprint density at radius 2 is 2.20 bits per heavy atom. The highest BCUT2D eigenvalue weighted by Crippen LogP contribution is 2.30. The normalized spacial score (nSPS) is 13.6. The first-order valence-corrected chi connectivity index (χ1v) is 6.42. The van der Waals surface area contributed by atoms with Crippen molar-refractivity contribution in [2.45, 2.75) is 13.0 Å². The molecular formula is C14H14N4O2. The summed E-state index contributed by atoms with van der Waals surface area (Å²) in [5.41, 5.74) is 3.84. The van der Waals surface area contributed by atoms with Crippen molar-refractivity contribution in [3.05, 3.63) is 57.9 Å². The van der Waals surface area contributed by atoms with Gasteiger partial charge in [-0.1, -0.05) is 12.1 Å². The largest absolute Gasteiger partial charge is 0.350 e. The molecule has 0 atom stereocenters. The quantitative estimate of drug-likeness (QED) is 0.661. The van der Waals surface area contributed by atoms with Gasteiger partial charge in [0.2, 0.25) is 0 Å². The Hall–Kier alpha value is -2.47. The van der Waals surface area contributed by atoms with E-state index in [2.05, 4.69) is 21.7 Å². The number of fused-ring (bicyclic) bond motifs is 1. The van der Waals surface area contributed by atoms with E-state index in [1.165, 1.54) is 17.3 Å². The first-order valence-electron chi connectivity index (χ1n) is 6.42. The standard InChI is InChI=1S/C14H14N4O2/c19-18(20)14-9-16-7-5-13(14)17-12-3-1-2-10-8-15-6-4-11(10)12/h1-3,5,7,9,15H,4,6,8H2,(H,16,17). The summed E-state index contributed by atoms with van der Waals surface area (Å²) >= 11 is 0. The summed E-state index contributed by atoms with van der Waals surface area (Å²) in [5, 5.41) is 17.5. The Bertz CT molecular complexity index is 657. The average Bonchev–Trinajstić information content (AvgIpc) is 2.48. The van der Waals surface area contributed by atoms with Crippen LogP contribution in [-0.4, -0.2) is 16.5 Å². The van der Waals surface area contributed by atoms with E-state index in [1.54, 1.807) is 12.3 Å². The van der Waals surface area contributed by atoms with Crippen molar-refractivity contribution in [1.29, 1.82) is 0 Å². The first kappa shape index (κ1) is 12.6. The van der Waals surface area contributed by atoms with Crippen LogP contribution in [0, 0.1) is 10.1 Å². The minimum Gasteiger partial charge on any atom is -0.350 e. The lowest BCUT2D eigenvalue weighted by Gasteiger charge is -2.21. The van der Waals surface area contributed by atoms with Crippen LogP contribution in [-0.2, 0) is 13.0 Å². The number of rotatable bonds is 3. The molecule has 1 aliphatic heterocycles. The second-order valence-electron chi connectivity index (χ2n) is 4.64. The molecule has 0 radical (unpaired) electrons. The number of anilines is 2. The maximum atomic E-state index is 11.0. The van der Waals surface area contributed by atoms with E-state index in [4.69, 9.17) is 0 Å². The number of nitro groups is 1. The van der Waals surface area contributed by atoms with Crippen molar-refractivity contribution in [1.82, 2.24) is 10.3 Å². The molecule has 102 valence electrons. The summed E-state index contributed by atoms with van der Waals surface area (Å²) in [6.07, 6.45) is 3.73. The number of hydrogen-bond donors (Lipinski definition) is 2. The smallest absolute Gasteiger partial charge is 0.310 e. The average molecular weight is 270 g/mol. The predicted octanol–water partition coefficient (Wildman–Crippen LogP) is 2.38. The molecular weight excluding hydrogens is 256 g/mol. The maximum Gasteiger partial charge on any atom is 0.310 e. The number of pyridine rings is 1. The van der Waals surface area contributed by atoms with Crippen LogP contribution in [0.4, 0.5) is 17.1 Å². The van der Waals surface area contributed by atoms with Gasteiger partial charge in [0, 0.05) is 18.4 Å². The van der Waals surface area contributed by atoms with E-state index < -0.39 is 4.92 Å². The lowest BCUT2D eigenvalue weighted by atomic mass is 9.99. The molecule has 0 bridgehead atoms. The summed E-state index contributed by atoms with van der Waals surface area (Å²) in [6, 6.07) is 7.61. The molecule has 2 aromatic rings. The molecule has 0 aliphatic carbocycles. The van der Waals surface area contributed by atoms with Crippen LogP contribution in [0.15, 0.2) is 36.7 Å². The summed E-state index contributed by atoms with van der Waals surface area (Å²) in [7, 11) is 0. The highest BCUT2D eigenvalue weighted by Gasteiger charge is 2.17. The highest BCUT2D eigenvalue weighted by atomic mass is 16.6. The van der Waals surface area contributed by atoms with Gasteiger partial charge in [0.15, 0.2) is 0 Å². The summed E-state index contributed by atoms with van der Waals surface area (Å²) in [4.78, 5) is 14.4. The maximum absolute atomic E-state index is 11.0. The van der Waals surface area contributed by atoms with Gasteiger partial charge >= 0.3 is 5.69 Å². The number of nitrogens with one attached hydrogen (secondary N) is 2. The molecule has 1 aromatic carbocycles. The third kappa shape index (κ3) is 2.33. The van der Waals surface area contributed by atoms with Gasteiger partial charge in [-0.2, -0.15) is 0 Å². The lowest BCUT2D eigenvalue weighted by Crippen LogP contribution is -2.24. The van der Waals surface area contributed by atoms with Crippen molar-refractivity contribution in [3.63, 3.8) is 0 Å². The minimum atomic E-state index is -0.424. The van der Waals surface area contributed by atoms with Crippen LogP contribution in [0.1, 0.15) is 11.1 Å². The Labute approximate surface area is 116 Å². The molecule has 0 spiro atoms. The summed E-state index contributed by atoms with van der Waals surface area (Å²) in [5.74, 6) is 0. The van der Waals surface area contributed by atoms with Gasteiger partial charge in [-0.25, -0.2) is 0 Å². The first-order chi connectivity index (χ1) is 9.75. The van der Waals surface area contributed by atoms with Gasteiger partial charge in [-0.15, -0.1) is 0 Å². The highest BCUT2D eigenvalue weighted by molar-refractivity contribution is 5.71. The van der Waals surface area contributed by atoms with Crippen molar-refractivity contribution >= 4 is 17.1 Å². The second kappa shape index (κ2) is 5.26. The summed E-state index contributed by atoms with van der Waals surface area (Å²) < 4.78 is 0. The van der Waals surface area contributed by atoms with Crippen molar-refractivity contribution in [2.75, 3.05) is 11.9 Å². The SMILES string of the molecule is O=[N+]([O-])c1cnccc1Nc1cccc2c1CCNC2. The predicted molar refractivity (Wildman–Crippen MR) is 76.0 cm³/mol. The molecule has 0 fully saturated rings. The Morgan fingerprint density at radius 1 is 1.30 bits per heavy atom. The van der Waals surface area contributed by atoms with E-state index in [1.807, 2.05) is 12.1 Å². The Kier molecular flexibility index (Phi) is 3.30. The summed E-state index contributed by atoms with van der Waals surface area (Å²) in [6.45, 7) is 1.76. The fourth-order valence-corrected chi connectivity index (χ4v) is 2.43. The third-order valence-electron chi connectivity index (χ3n) is 3.41. The van der Waals surface area contributed by atoms with Gasteiger partial charge in [0.05, 0.1) is 4.92 Å². The van der Waals surface area contributed by atoms with Gasteiger partial charge in [0.1, 0.15) is 11.9 Å². The van der Waals surface area contributed by atoms with Crippen LogP contribution in [0.5, 0.6) is 0 Å². The zero-order valence-electron chi connectivity index (χ0n) is 10.8. The van der Waals surface area contributed by atoms with Crippen molar-refractivity contribution in [3.8, 4) is 0 Å². The number of nitrogens with zero attached hydrogens (tertiary/aromatic N) is 2. The van der Waals surface area contributed by atoms with E-state index >= 15 is 0 Å². The van der Waals surface area contributed by atoms with Gasteiger partial charge < -0.3 is 10.6 Å². The minimum absolute atomic E-state index is 0.0148. The van der Waals surface area contributed by atoms with Crippen LogP contribution < -0.4 is 10.6 Å². The molecule has 2 heterocycles. The van der Waals surface area contributed by atoms with Crippen molar-refractivity contribution < 1.29 is 4.92 Å². The van der Waals surface area contributed by atoms with Gasteiger partial charge in [0.25, 0.3) is 0 Å². The van der Waals surface area contributed by atoms with Gasteiger partial charge in [-0.3, -0.25) is 15.1 Å². The molecule has 0 saturated heterocycles. The molecule has 1 aromatic heterocycles. The molecule has 1 aliphatic rings. The fraction of sp³-hybridized carbons (Fsp3) is 0.214. The zero-order chi connectivity index (χ0) is 13.9. The van der Waals surface area contributed by atoms with Crippen LogP contribution in [0.25, 0.3) is 0 Å². The van der Waals surface area contributed by atoms with Crippen LogP contribution in [0.2, 0.25) is 0 Å². The number of aromatic nitrogens is 1. The Balaban J connectivity index is 1.98. The molecule has 20 heavy (non-hydrogen) atoms. The lowest BCUT2D eigenvalue weighted by molar-refractivity contribution is -0.384. The zero-order valence-corrected chi connectivity index (χ0v) is 10.8. The monoisotopic (exact) mass is 270 g/mol. The van der Waals surface area contributed by atoms with E-state index in [9.17, 15) is 10.1 Å². The topological polar surface area (TPSA) is 80.1 Å². The van der Waals surface area contributed by atoms with Gasteiger partial charge in [-0.05, 0) is 36.2 Å². The number of benzene rings is 1. The van der Waals surface area contributed by atoms with Crippen LogP contribution >= 0.6 is 0 Å². The molecule has 0 unspecified atom stereocenters. The second-order valence-corrected chi connectivity index (χ2v) is 4.64. The number of hydrogen-bond acceptors (Lipinski definition) is 5. The third-order valence-corrected chi connectivity index (χ3v) is 3.41. The Morgan fingerprint density at radius 3 is 3.05 bits per heavy atom. The molecule has 6 nitrogen and oxygen atoms in total. The molecule has 3 rings (SSSR count). The fourth-order valence-electron chi connectivity index (χ4n) is 2.43. The van der Waals surface area contributed by atoms with E-state index in [0.717, 1.165) is 25.2 Å². The molecule has 0 amide bonds. The van der Waals surface area contributed by atoms with Crippen molar-refractivity contribution in [2.24, 2.45) is 0 Å². The molecule has 2 N–H and O–H groups in total. The van der Waals surface area contributed by atoms with E-state index in [-0.39, 0.29) is 5.69 Å².